The van der Waals surface area contributed by atoms with E-state index < -0.39 is 6.10 Å². The molecule has 1 aliphatic carbocycles. The summed E-state index contributed by atoms with van der Waals surface area (Å²) in [6.45, 7) is 2.46. The lowest BCUT2D eigenvalue weighted by Gasteiger charge is -2.35. The largest absolute Gasteiger partial charge is 0.488 e. The van der Waals surface area contributed by atoms with Crippen molar-refractivity contribution < 1.29 is 24.1 Å². The first-order valence-corrected chi connectivity index (χ1v) is 10.7. The fourth-order valence-electron chi connectivity index (χ4n) is 4.83. The van der Waals surface area contributed by atoms with Gasteiger partial charge in [-0.3, -0.25) is 9.48 Å². The van der Waals surface area contributed by atoms with Crippen molar-refractivity contribution in [1.29, 1.82) is 0 Å². The molecule has 2 aromatic rings. The number of hydrogen-bond acceptors (Lipinski definition) is 6. The van der Waals surface area contributed by atoms with Crippen LogP contribution in [0.3, 0.4) is 0 Å². The highest BCUT2D eigenvalue weighted by molar-refractivity contribution is 5.76. The van der Waals surface area contributed by atoms with Crippen molar-refractivity contribution in [3.63, 3.8) is 0 Å². The molecule has 0 bridgehead atoms. The molecule has 5 rings (SSSR count). The van der Waals surface area contributed by atoms with Crippen LogP contribution in [0.1, 0.15) is 25.7 Å². The standard InChI is InChI=1S/C22H27N3O5/c26-18-9-15-12-24(22(27)3-1-7-25-8-2-6-23-25)13-16(15)10-20(18)30-17-4-5-19-21(11-17)29-14-28-19/h2,4-6,8,11,15-16,18,20,26H,1,3,7,9-10,12-14H2/t15-,16+,18+,20+/m0/s1. The van der Waals surface area contributed by atoms with Crippen molar-refractivity contribution in [1.82, 2.24) is 14.7 Å². The van der Waals surface area contributed by atoms with E-state index in [0.717, 1.165) is 32.5 Å². The van der Waals surface area contributed by atoms with E-state index in [1.165, 1.54) is 0 Å². The highest BCUT2D eigenvalue weighted by Crippen LogP contribution is 2.40. The lowest BCUT2D eigenvalue weighted by Crippen LogP contribution is -2.42. The Balaban J connectivity index is 1.14. The summed E-state index contributed by atoms with van der Waals surface area (Å²) in [6, 6.07) is 7.37. The second-order valence-corrected chi connectivity index (χ2v) is 8.40. The molecular weight excluding hydrogens is 386 g/mol. The number of ether oxygens (including phenoxy) is 3. The van der Waals surface area contributed by atoms with Crippen LogP contribution in [0.5, 0.6) is 17.2 Å². The van der Waals surface area contributed by atoms with Crippen LogP contribution < -0.4 is 14.2 Å². The Morgan fingerprint density at radius 3 is 2.87 bits per heavy atom. The average molecular weight is 413 g/mol. The van der Waals surface area contributed by atoms with Crippen LogP contribution in [0.2, 0.25) is 0 Å². The van der Waals surface area contributed by atoms with Gasteiger partial charge in [-0.25, -0.2) is 0 Å². The monoisotopic (exact) mass is 413 g/mol. The number of fused-ring (bicyclic) bond motifs is 2. The maximum atomic E-state index is 12.7. The highest BCUT2D eigenvalue weighted by Gasteiger charge is 2.43. The molecule has 30 heavy (non-hydrogen) atoms. The Morgan fingerprint density at radius 1 is 1.20 bits per heavy atom. The van der Waals surface area contributed by atoms with Crippen LogP contribution in [-0.4, -0.2) is 57.8 Å². The quantitative estimate of drug-likeness (QED) is 0.780. The third-order valence-electron chi connectivity index (χ3n) is 6.41. The molecule has 1 aromatic heterocycles. The minimum atomic E-state index is -0.536. The molecule has 1 N–H and O–H groups in total. The number of aryl methyl sites for hydroxylation is 1. The Morgan fingerprint density at radius 2 is 2.03 bits per heavy atom. The molecule has 0 spiro atoms. The SMILES string of the molecule is O=C(CCCn1cccn1)N1C[C@H]2C[C@@H](Oc3ccc4c(c3)OCO4)[C@H](O)C[C@H]2C1. The van der Waals surface area contributed by atoms with E-state index in [2.05, 4.69) is 5.10 Å². The molecule has 2 aliphatic heterocycles. The lowest BCUT2D eigenvalue weighted by atomic mass is 9.78. The Bertz CT molecular complexity index is 887. The smallest absolute Gasteiger partial charge is 0.231 e. The number of carbonyl (C=O) groups is 1. The van der Waals surface area contributed by atoms with E-state index in [4.69, 9.17) is 14.2 Å². The van der Waals surface area contributed by atoms with Crippen LogP contribution in [0, 0.1) is 11.8 Å². The van der Waals surface area contributed by atoms with Crippen LogP contribution in [-0.2, 0) is 11.3 Å². The van der Waals surface area contributed by atoms with Gasteiger partial charge in [-0.15, -0.1) is 0 Å². The van der Waals surface area contributed by atoms with Crippen molar-refractivity contribution in [2.75, 3.05) is 19.9 Å². The topological polar surface area (TPSA) is 86.1 Å². The van der Waals surface area contributed by atoms with E-state index >= 15 is 0 Å². The normalized spacial score (nSPS) is 27.2. The van der Waals surface area contributed by atoms with Crippen LogP contribution in [0.15, 0.2) is 36.7 Å². The van der Waals surface area contributed by atoms with Gasteiger partial charge >= 0.3 is 0 Å². The molecule has 160 valence electrons. The first kappa shape index (κ1) is 19.2. The van der Waals surface area contributed by atoms with E-state index in [0.29, 0.717) is 41.9 Å². The predicted molar refractivity (Wildman–Crippen MR) is 107 cm³/mol. The molecule has 0 radical (unpaired) electrons. The summed E-state index contributed by atoms with van der Waals surface area (Å²) in [4.78, 5) is 14.6. The summed E-state index contributed by atoms with van der Waals surface area (Å²) in [6.07, 6.45) is 5.57. The number of aliphatic hydroxyl groups excluding tert-OH is 1. The zero-order valence-electron chi connectivity index (χ0n) is 16.9. The minimum Gasteiger partial charge on any atom is -0.488 e. The maximum absolute atomic E-state index is 12.7. The molecule has 8 heteroatoms. The minimum absolute atomic E-state index is 0.194. The van der Waals surface area contributed by atoms with Gasteiger partial charge in [0.15, 0.2) is 11.5 Å². The summed E-state index contributed by atoms with van der Waals surface area (Å²) in [5, 5.41) is 14.8. The van der Waals surface area contributed by atoms with E-state index in [9.17, 15) is 9.90 Å². The van der Waals surface area contributed by atoms with Crippen LogP contribution in [0.25, 0.3) is 0 Å². The van der Waals surface area contributed by atoms with Crippen LogP contribution in [0.4, 0.5) is 0 Å². The summed E-state index contributed by atoms with van der Waals surface area (Å²) < 4.78 is 18.7. The lowest BCUT2D eigenvalue weighted by molar-refractivity contribution is -0.130. The molecule has 1 saturated carbocycles. The summed E-state index contributed by atoms with van der Waals surface area (Å²) >= 11 is 0. The van der Waals surface area contributed by atoms with E-state index in [-0.39, 0.29) is 18.8 Å². The molecule has 1 amide bonds. The zero-order valence-corrected chi connectivity index (χ0v) is 16.9. The number of rotatable bonds is 6. The van der Waals surface area contributed by atoms with Crippen molar-refractivity contribution in [3.05, 3.63) is 36.7 Å². The van der Waals surface area contributed by atoms with Crippen molar-refractivity contribution in [3.8, 4) is 17.2 Å². The van der Waals surface area contributed by atoms with Gasteiger partial charge in [0.2, 0.25) is 12.7 Å². The average Bonchev–Trinajstić information content (AvgIpc) is 3.48. The molecule has 0 unspecified atom stereocenters. The third kappa shape index (κ3) is 3.96. The van der Waals surface area contributed by atoms with Gasteiger partial charge in [0.1, 0.15) is 11.9 Å². The van der Waals surface area contributed by atoms with Gasteiger partial charge in [-0.1, -0.05) is 0 Å². The Hall–Kier alpha value is -2.74. The number of nitrogens with zero attached hydrogens (tertiary/aromatic N) is 3. The van der Waals surface area contributed by atoms with Gasteiger partial charge in [0.05, 0.1) is 6.10 Å². The molecular formula is C22H27N3O5. The number of benzene rings is 1. The van der Waals surface area contributed by atoms with Crippen molar-refractivity contribution in [2.24, 2.45) is 11.8 Å². The number of aliphatic hydroxyl groups is 1. The number of carbonyl (C=O) groups excluding carboxylic acids is 1. The fourth-order valence-corrected chi connectivity index (χ4v) is 4.83. The Kier molecular flexibility index (Phi) is 5.25. The predicted octanol–water partition coefficient (Wildman–Crippen LogP) is 2.07. The van der Waals surface area contributed by atoms with Gasteiger partial charge in [-0.2, -0.15) is 5.10 Å². The molecule has 1 aromatic carbocycles. The molecule has 3 aliphatic rings. The molecule has 8 nitrogen and oxygen atoms in total. The van der Waals surface area contributed by atoms with Gasteiger partial charge in [0.25, 0.3) is 0 Å². The molecule has 4 atom stereocenters. The number of likely N-dealkylation sites (tertiary alicyclic amines) is 1. The van der Waals surface area contributed by atoms with Crippen molar-refractivity contribution >= 4 is 5.91 Å². The van der Waals surface area contributed by atoms with Crippen molar-refractivity contribution in [2.45, 2.75) is 44.4 Å². The van der Waals surface area contributed by atoms with Gasteiger partial charge in [0, 0.05) is 44.5 Å². The second-order valence-electron chi connectivity index (χ2n) is 8.40. The van der Waals surface area contributed by atoms with Crippen LogP contribution >= 0.6 is 0 Å². The first-order valence-electron chi connectivity index (χ1n) is 10.7. The zero-order chi connectivity index (χ0) is 20.5. The second kappa shape index (κ2) is 8.18. The molecule has 3 heterocycles. The summed E-state index contributed by atoms with van der Waals surface area (Å²) in [7, 11) is 0. The van der Waals surface area contributed by atoms with Gasteiger partial charge in [-0.05, 0) is 49.3 Å². The number of hydrogen-bond donors (Lipinski definition) is 1. The maximum Gasteiger partial charge on any atom is 0.231 e. The summed E-state index contributed by atoms with van der Waals surface area (Å²) in [5.74, 6) is 2.95. The summed E-state index contributed by atoms with van der Waals surface area (Å²) in [5.41, 5.74) is 0. The highest BCUT2D eigenvalue weighted by atomic mass is 16.7. The van der Waals surface area contributed by atoms with E-state index in [1.807, 2.05) is 40.0 Å². The molecule has 1 saturated heterocycles. The number of aromatic nitrogens is 2. The Labute approximate surface area is 175 Å². The first-order chi connectivity index (χ1) is 14.7. The molecule has 2 fully saturated rings. The third-order valence-corrected chi connectivity index (χ3v) is 6.41. The van der Waals surface area contributed by atoms with Gasteiger partial charge < -0.3 is 24.2 Å². The fraction of sp³-hybridized carbons (Fsp3) is 0.545. The van der Waals surface area contributed by atoms with E-state index in [1.54, 1.807) is 6.20 Å². The number of amides is 1.